The molecule has 17 heavy (non-hydrogen) atoms. The van der Waals surface area contributed by atoms with E-state index in [4.69, 9.17) is 9.84 Å². The molecule has 0 saturated heterocycles. The van der Waals surface area contributed by atoms with Gasteiger partial charge in [-0.3, -0.25) is 4.79 Å². The van der Waals surface area contributed by atoms with Crippen molar-refractivity contribution in [3.05, 3.63) is 23.5 Å². The summed E-state index contributed by atoms with van der Waals surface area (Å²) in [7, 11) is 1.50. The number of rotatable bonds is 2. The number of methoxy groups -OCH3 is 1. The zero-order valence-electron chi connectivity index (χ0n) is 10.1. The number of aliphatic carboxylic acids is 1. The second-order valence-corrected chi connectivity index (χ2v) is 4.98. The molecule has 2 N–H and O–H groups in total. The standard InChI is InChI=1S/C13H18O4/c1-13(16)7-3-4-8-10(13)6-5-9(12(14)15)11(8)17-2/h5-6,9-10,16H,3-4,7H2,1-2H3,(H,14,15)/t9?,10?,13-/m0/s1. The fourth-order valence-electron chi connectivity index (χ4n) is 2.88. The Hall–Kier alpha value is -1.29. The van der Waals surface area contributed by atoms with Gasteiger partial charge >= 0.3 is 5.97 Å². The van der Waals surface area contributed by atoms with Crippen molar-refractivity contribution >= 4 is 5.97 Å². The molecule has 2 rings (SSSR count). The van der Waals surface area contributed by atoms with Crippen LogP contribution in [0.15, 0.2) is 23.5 Å². The van der Waals surface area contributed by atoms with Crippen molar-refractivity contribution in [2.24, 2.45) is 11.8 Å². The third-order valence-electron chi connectivity index (χ3n) is 3.76. The van der Waals surface area contributed by atoms with Gasteiger partial charge in [0.25, 0.3) is 0 Å². The summed E-state index contributed by atoms with van der Waals surface area (Å²) in [5, 5.41) is 19.5. The van der Waals surface area contributed by atoms with E-state index in [1.54, 1.807) is 13.0 Å². The maximum absolute atomic E-state index is 11.1. The van der Waals surface area contributed by atoms with Crippen LogP contribution >= 0.6 is 0 Å². The highest BCUT2D eigenvalue weighted by Gasteiger charge is 2.42. The van der Waals surface area contributed by atoms with Gasteiger partial charge in [0.2, 0.25) is 0 Å². The first-order chi connectivity index (χ1) is 7.97. The molecule has 4 nitrogen and oxygen atoms in total. The Morgan fingerprint density at radius 2 is 2.24 bits per heavy atom. The van der Waals surface area contributed by atoms with E-state index in [0.717, 1.165) is 24.8 Å². The predicted molar refractivity (Wildman–Crippen MR) is 62.3 cm³/mol. The maximum atomic E-state index is 11.1. The van der Waals surface area contributed by atoms with Crippen LogP contribution < -0.4 is 0 Å². The summed E-state index contributed by atoms with van der Waals surface area (Å²) in [6.45, 7) is 1.80. The van der Waals surface area contributed by atoms with Crippen molar-refractivity contribution in [2.75, 3.05) is 7.11 Å². The fourth-order valence-corrected chi connectivity index (χ4v) is 2.88. The lowest BCUT2D eigenvalue weighted by molar-refractivity contribution is -0.140. The van der Waals surface area contributed by atoms with Crippen molar-refractivity contribution in [1.82, 2.24) is 0 Å². The summed E-state index contributed by atoms with van der Waals surface area (Å²) < 4.78 is 5.26. The number of hydrogen-bond donors (Lipinski definition) is 2. The molecular weight excluding hydrogens is 220 g/mol. The molecule has 0 bridgehead atoms. The molecule has 0 aromatic rings. The monoisotopic (exact) mass is 238 g/mol. The Kier molecular flexibility index (Phi) is 3.00. The highest BCUT2D eigenvalue weighted by Crippen LogP contribution is 2.44. The van der Waals surface area contributed by atoms with Crippen LogP contribution in [-0.2, 0) is 9.53 Å². The lowest BCUT2D eigenvalue weighted by atomic mass is 9.69. The van der Waals surface area contributed by atoms with E-state index < -0.39 is 17.5 Å². The van der Waals surface area contributed by atoms with Gasteiger partial charge in [0, 0.05) is 5.92 Å². The Morgan fingerprint density at radius 3 is 2.82 bits per heavy atom. The van der Waals surface area contributed by atoms with Crippen LogP contribution in [0.2, 0.25) is 0 Å². The van der Waals surface area contributed by atoms with E-state index in [1.807, 2.05) is 6.08 Å². The summed E-state index contributed by atoms with van der Waals surface area (Å²) in [4.78, 5) is 11.1. The minimum atomic E-state index is -0.908. The average Bonchev–Trinajstić information content (AvgIpc) is 2.27. The fraction of sp³-hybridized carbons (Fsp3) is 0.615. The minimum absolute atomic E-state index is 0.109. The molecule has 2 aliphatic carbocycles. The second kappa shape index (κ2) is 4.18. The molecule has 1 fully saturated rings. The van der Waals surface area contributed by atoms with E-state index in [2.05, 4.69) is 0 Å². The number of fused-ring (bicyclic) bond motifs is 1. The number of carbonyl (C=O) groups is 1. The van der Waals surface area contributed by atoms with Crippen LogP contribution in [0.4, 0.5) is 0 Å². The lowest BCUT2D eigenvalue weighted by Crippen LogP contribution is -2.40. The van der Waals surface area contributed by atoms with Gasteiger partial charge < -0.3 is 14.9 Å². The first kappa shape index (κ1) is 12.2. The zero-order chi connectivity index (χ0) is 12.6. The van der Waals surface area contributed by atoms with Crippen molar-refractivity contribution in [3.8, 4) is 0 Å². The lowest BCUT2D eigenvalue weighted by Gasteiger charge is -2.40. The summed E-state index contributed by atoms with van der Waals surface area (Å²) in [5.74, 6) is -1.22. The first-order valence-corrected chi connectivity index (χ1v) is 5.88. The van der Waals surface area contributed by atoms with E-state index in [9.17, 15) is 9.90 Å². The Bertz CT molecular complexity index is 392. The largest absolute Gasteiger partial charge is 0.500 e. The van der Waals surface area contributed by atoms with Gasteiger partial charge in [0.15, 0.2) is 0 Å². The number of carboxylic acids is 1. The van der Waals surface area contributed by atoms with Crippen molar-refractivity contribution < 1.29 is 19.7 Å². The van der Waals surface area contributed by atoms with Gasteiger partial charge in [-0.25, -0.2) is 0 Å². The van der Waals surface area contributed by atoms with Gasteiger partial charge in [-0.15, -0.1) is 0 Å². The van der Waals surface area contributed by atoms with Crippen LogP contribution in [0.25, 0.3) is 0 Å². The molecule has 1 saturated carbocycles. The Morgan fingerprint density at radius 1 is 1.53 bits per heavy atom. The predicted octanol–water partition coefficient (Wildman–Crippen LogP) is 1.71. The summed E-state index contributed by atoms with van der Waals surface area (Å²) >= 11 is 0. The van der Waals surface area contributed by atoms with Gasteiger partial charge in [-0.1, -0.05) is 12.2 Å². The third kappa shape index (κ3) is 1.97. The smallest absolute Gasteiger partial charge is 0.318 e. The number of aliphatic hydroxyl groups is 1. The van der Waals surface area contributed by atoms with E-state index in [0.29, 0.717) is 5.76 Å². The van der Waals surface area contributed by atoms with Crippen LogP contribution in [-0.4, -0.2) is 28.9 Å². The van der Waals surface area contributed by atoms with Gasteiger partial charge in [0.05, 0.1) is 12.7 Å². The molecule has 3 atom stereocenters. The molecule has 2 unspecified atom stereocenters. The molecule has 0 radical (unpaired) electrons. The van der Waals surface area contributed by atoms with E-state index in [1.165, 1.54) is 7.11 Å². The van der Waals surface area contributed by atoms with Crippen LogP contribution in [0.1, 0.15) is 26.2 Å². The van der Waals surface area contributed by atoms with Gasteiger partial charge in [-0.05, 0) is 31.8 Å². The highest BCUT2D eigenvalue weighted by molar-refractivity contribution is 5.76. The Balaban J connectivity index is 2.42. The van der Waals surface area contributed by atoms with Crippen molar-refractivity contribution in [2.45, 2.75) is 31.8 Å². The average molecular weight is 238 g/mol. The molecule has 0 aromatic carbocycles. The second-order valence-electron chi connectivity index (χ2n) is 4.98. The third-order valence-corrected chi connectivity index (χ3v) is 3.76. The molecule has 0 aromatic heterocycles. The number of carboxylic acid groups (broad SMARTS) is 1. The van der Waals surface area contributed by atoms with Crippen LogP contribution in [0.5, 0.6) is 0 Å². The zero-order valence-corrected chi connectivity index (χ0v) is 10.1. The highest BCUT2D eigenvalue weighted by atomic mass is 16.5. The molecule has 0 heterocycles. The normalized spacial score (nSPS) is 36.6. The van der Waals surface area contributed by atoms with E-state index in [-0.39, 0.29) is 5.92 Å². The van der Waals surface area contributed by atoms with Crippen molar-refractivity contribution in [3.63, 3.8) is 0 Å². The minimum Gasteiger partial charge on any atom is -0.500 e. The molecule has 4 heteroatoms. The van der Waals surface area contributed by atoms with Gasteiger partial charge in [-0.2, -0.15) is 0 Å². The number of hydrogen-bond acceptors (Lipinski definition) is 3. The quantitative estimate of drug-likeness (QED) is 0.719. The topological polar surface area (TPSA) is 66.8 Å². The molecule has 2 aliphatic rings. The maximum Gasteiger partial charge on any atom is 0.318 e. The molecule has 0 amide bonds. The van der Waals surface area contributed by atoms with Crippen LogP contribution in [0, 0.1) is 11.8 Å². The SMILES string of the molecule is COC1=C2CCC[C@](C)(O)C2C=CC1C(=O)O. The molecular formula is C13H18O4. The molecule has 94 valence electrons. The van der Waals surface area contributed by atoms with Gasteiger partial charge in [0.1, 0.15) is 11.7 Å². The van der Waals surface area contributed by atoms with Crippen molar-refractivity contribution in [1.29, 1.82) is 0 Å². The summed E-state index contributed by atoms with van der Waals surface area (Å²) in [5.41, 5.74) is 0.149. The molecule has 0 aliphatic heterocycles. The van der Waals surface area contributed by atoms with Crippen LogP contribution in [0.3, 0.4) is 0 Å². The summed E-state index contributed by atoms with van der Waals surface area (Å²) in [6.07, 6.45) is 5.84. The number of ether oxygens (including phenoxy) is 1. The first-order valence-electron chi connectivity index (χ1n) is 5.88. The molecule has 0 spiro atoms. The van der Waals surface area contributed by atoms with E-state index >= 15 is 0 Å². The summed E-state index contributed by atoms with van der Waals surface area (Å²) in [6, 6.07) is 0. The Labute approximate surface area is 101 Å².